The van der Waals surface area contributed by atoms with Crippen molar-refractivity contribution in [1.82, 2.24) is 4.90 Å². The van der Waals surface area contributed by atoms with E-state index in [0.29, 0.717) is 12.0 Å². The first-order chi connectivity index (χ1) is 9.56. The highest BCUT2D eigenvalue weighted by Gasteiger charge is 2.40. The number of nitrogens with zero attached hydrogens (tertiary/aromatic N) is 1. The maximum Gasteiger partial charge on any atom is 0.126 e. The Labute approximate surface area is 121 Å². The lowest BCUT2D eigenvalue weighted by Crippen LogP contribution is -2.54. The summed E-state index contributed by atoms with van der Waals surface area (Å²) in [4.78, 5) is 2.16. The van der Waals surface area contributed by atoms with Crippen molar-refractivity contribution in [3.63, 3.8) is 0 Å². The Kier molecular flexibility index (Phi) is 5.17. The van der Waals surface area contributed by atoms with Crippen molar-refractivity contribution in [3.8, 4) is 0 Å². The SMILES string of the molecule is CN(C)C1(C(O)Cc2ccccc2F)CCCCCC1. The Hall–Kier alpha value is -0.930. The smallest absolute Gasteiger partial charge is 0.126 e. The van der Waals surface area contributed by atoms with E-state index in [1.165, 1.54) is 18.9 Å². The highest BCUT2D eigenvalue weighted by molar-refractivity contribution is 5.19. The van der Waals surface area contributed by atoms with Gasteiger partial charge in [-0.1, -0.05) is 43.9 Å². The van der Waals surface area contributed by atoms with Crippen LogP contribution in [0, 0.1) is 5.82 Å². The molecule has 1 unspecified atom stereocenters. The zero-order valence-electron chi connectivity index (χ0n) is 12.6. The molecule has 0 bridgehead atoms. The standard InChI is InChI=1S/C17H26FNO/c1-19(2)17(11-7-3-4-8-12-17)16(20)13-14-9-5-6-10-15(14)18/h5-6,9-10,16,20H,3-4,7-8,11-13H2,1-2H3. The molecule has 0 heterocycles. The summed E-state index contributed by atoms with van der Waals surface area (Å²) in [6, 6.07) is 6.77. The monoisotopic (exact) mass is 279 g/mol. The van der Waals surface area contributed by atoms with Crippen LogP contribution in [0.5, 0.6) is 0 Å². The van der Waals surface area contributed by atoms with Crippen LogP contribution >= 0.6 is 0 Å². The number of halogens is 1. The van der Waals surface area contributed by atoms with Gasteiger partial charge in [0.05, 0.1) is 6.10 Å². The van der Waals surface area contributed by atoms with Crippen molar-refractivity contribution in [2.24, 2.45) is 0 Å². The molecule has 1 aliphatic rings. The van der Waals surface area contributed by atoms with E-state index in [1.807, 2.05) is 20.2 Å². The molecule has 112 valence electrons. The molecule has 1 saturated carbocycles. The molecule has 3 heteroatoms. The Bertz CT molecular complexity index is 425. The van der Waals surface area contributed by atoms with Gasteiger partial charge in [-0.2, -0.15) is 0 Å². The highest BCUT2D eigenvalue weighted by atomic mass is 19.1. The summed E-state index contributed by atoms with van der Waals surface area (Å²) >= 11 is 0. The predicted molar refractivity (Wildman–Crippen MR) is 80.2 cm³/mol. The average molecular weight is 279 g/mol. The van der Waals surface area contributed by atoms with Crippen LogP contribution in [0.15, 0.2) is 24.3 Å². The van der Waals surface area contributed by atoms with Crippen LogP contribution in [0.3, 0.4) is 0 Å². The van der Waals surface area contributed by atoms with E-state index in [1.54, 1.807) is 12.1 Å². The summed E-state index contributed by atoms with van der Waals surface area (Å²) < 4.78 is 13.8. The van der Waals surface area contributed by atoms with Gasteiger partial charge in [-0.05, 0) is 38.6 Å². The molecule has 1 aromatic rings. The number of aliphatic hydroxyl groups excluding tert-OH is 1. The second-order valence-electron chi connectivity index (χ2n) is 6.22. The first-order valence-electron chi connectivity index (χ1n) is 7.65. The minimum atomic E-state index is -0.521. The van der Waals surface area contributed by atoms with E-state index < -0.39 is 6.10 Å². The van der Waals surface area contributed by atoms with Crippen molar-refractivity contribution < 1.29 is 9.50 Å². The minimum Gasteiger partial charge on any atom is -0.391 e. The fraction of sp³-hybridized carbons (Fsp3) is 0.647. The molecule has 0 saturated heterocycles. The molecule has 20 heavy (non-hydrogen) atoms. The number of likely N-dealkylation sites (N-methyl/N-ethyl adjacent to an activating group) is 1. The molecular formula is C17H26FNO. The maximum atomic E-state index is 13.8. The number of aliphatic hydroxyl groups is 1. The first kappa shape index (κ1) is 15.5. The molecule has 1 aliphatic carbocycles. The topological polar surface area (TPSA) is 23.5 Å². The number of hydrogen-bond acceptors (Lipinski definition) is 2. The van der Waals surface area contributed by atoms with Crippen molar-refractivity contribution in [2.45, 2.75) is 56.6 Å². The van der Waals surface area contributed by atoms with E-state index in [0.717, 1.165) is 25.7 Å². The summed E-state index contributed by atoms with van der Waals surface area (Å²) in [6.07, 6.45) is 6.63. The largest absolute Gasteiger partial charge is 0.391 e. The van der Waals surface area contributed by atoms with Gasteiger partial charge in [0, 0.05) is 12.0 Å². The third kappa shape index (κ3) is 3.21. The van der Waals surface area contributed by atoms with Gasteiger partial charge in [-0.25, -0.2) is 4.39 Å². The van der Waals surface area contributed by atoms with Crippen molar-refractivity contribution >= 4 is 0 Å². The van der Waals surface area contributed by atoms with Gasteiger partial charge >= 0.3 is 0 Å². The van der Waals surface area contributed by atoms with Crippen LogP contribution in [-0.4, -0.2) is 35.7 Å². The molecule has 1 aromatic carbocycles. The zero-order chi connectivity index (χ0) is 14.6. The van der Waals surface area contributed by atoms with Crippen LogP contribution in [0.25, 0.3) is 0 Å². The van der Waals surface area contributed by atoms with Crippen LogP contribution in [0.2, 0.25) is 0 Å². The highest BCUT2D eigenvalue weighted by Crippen LogP contribution is 2.35. The lowest BCUT2D eigenvalue weighted by Gasteiger charge is -2.43. The van der Waals surface area contributed by atoms with Gasteiger partial charge in [-0.3, -0.25) is 0 Å². The average Bonchev–Trinajstić information content (AvgIpc) is 2.68. The second-order valence-corrected chi connectivity index (χ2v) is 6.22. The van der Waals surface area contributed by atoms with Crippen LogP contribution < -0.4 is 0 Å². The third-order valence-electron chi connectivity index (χ3n) is 4.85. The molecule has 0 aromatic heterocycles. The summed E-state index contributed by atoms with van der Waals surface area (Å²) in [6.45, 7) is 0. The maximum absolute atomic E-state index is 13.8. The van der Waals surface area contributed by atoms with E-state index in [2.05, 4.69) is 4.90 Å². The van der Waals surface area contributed by atoms with E-state index in [9.17, 15) is 9.50 Å². The molecule has 1 atom stereocenters. The minimum absolute atomic E-state index is 0.210. The summed E-state index contributed by atoms with van der Waals surface area (Å²) in [5.74, 6) is -0.214. The predicted octanol–water partition coefficient (Wildman–Crippen LogP) is 3.38. The summed E-state index contributed by atoms with van der Waals surface area (Å²) in [5.41, 5.74) is 0.407. The first-order valence-corrected chi connectivity index (χ1v) is 7.65. The van der Waals surface area contributed by atoms with Crippen molar-refractivity contribution in [3.05, 3.63) is 35.6 Å². The Morgan fingerprint density at radius 3 is 2.30 bits per heavy atom. The van der Waals surface area contributed by atoms with Gasteiger partial charge in [-0.15, -0.1) is 0 Å². The molecule has 1 fully saturated rings. The fourth-order valence-electron chi connectivity index (χ4n) is 3.48. The zero-order valence-corrected chi connectivity index (χ0v) is 12.6. The molecule has 0 amide bonds. The van der Waals surface area contributed by atoms with Crippen molar-refractivity contribution in [1.29, 1.82) is 0 Å². The fourth-order valence-corrected chi connectivity index (χ4v) is 3.48. The molecule has 0 aliphatic heterocycles. The van der Waals surface area contributed by atoms with Gasteiger partial charge in [0.25, 0.3) is 0 Å². The molecule has 2 nitrogen and oxygen atoms in total. The summed E-state index contributed by atoms with van der Waals surface area (Å²) in [5, 5.41) is 10.8. The lowest BCUT2D eigenvalue weighted by atomic mass is 9.80. The Morgan fingerprint density at radius 1 is 1.15 bits per heavy atom. The quantitative estimate of drug-likeness (QED) is 0.854. The van der Waals surface area contributed by atoms with Gasteiger partial charge in [0.15, 0.2) is 0 Å². The molecule has 1 N–H and O–H groups in total. The third-order valence-corrected chi connectivity index (χ3v) is 4.85. The Morgan fingerprint density at radius 2 is 1.75 bits per heavy atom. The van der Waals surface area contributed by atoms with E-state index in [-0.39, 0.29) is 11.4 Å². The Balaban J connectivity index is 2.18. The number of rotatable bonds is 4. The molecule has 2 rings (SSSR count). The van der Waals surface area contributed by atoms with Gasteiger partial charge in [0.2, 0.25) is 0 Å². The number of benzene rings is 1. The van der Waals surface area contributed by atoms with E-state index in [4.69, 9.17) is 0 Å². The van der Waals surface area contributed by atoms with Crippen LogP contribution in [0.1, 0.15) is 44.1 Å². The number of hydrogen-bond donors (Lipinski definition) is 1. The van der Waals surface area contributed by atoms with Crippen LogP contribution in [-0.2, 0) is 6.42 Å². The lowest BCUT2D eigenvalue weighted by molar-refractivity contribution is -0.0178. The normalized spacial score (nSPS) is 20.6. The van der Waals surface area contributed by atoms with Gasteiger partial charge < -0.3 is 10.0 Å². The van der Waals surface area contributed by atoms with Crippen LogP contribution in [0.4, 0.5) is 4.39 Å². The second kappa shape index (κ2) is 6.68. The summed E-state index contributed by atoms with van der Waals surface area (Å²) in [7, 11) is 4.08. The molecule has 0 spiro atoms. The van der Waals surface area contributed by atoms with Gasteiger partial charge in [0.1, 0.15) is 5.82 Å². The van der Waals surface area contributed by atoms with E-state index >= 15 is 0 Å². The van der Waals surface area contributed by atoms with Crippen molar-refractivity contribution in [2.75, 3.05) is 14.1 Å². The molecule has 0 radical (unpaired) electrons. The molecular weight excluding hydrogens is 253 g/mol.